The van der Waals surface area contributed by atoms with Crippen molar-refractivity contribution in [1.29, 1.82) is 0 Å². The molecule has 1 aliphatic heterocycles. The van der Waals surface area contributed by atoms with E-state index in [-0.39, 0.29) is 11.9 Å². The van der Waals surface area contributed by atoms with Gasteiger partial charge in [0.15, 0.2) is 0 Å². The van der Waals surface area contributed by atoms with Crippen LogP contribution in [0.15, 0.2) is 23.1 Å². The van der Waals surface area contributed by atoms with Gasteiger partial charge in [0.05, 0.1) is 4.90 Å². The van der Waals surface area contributed by atoms with E-state index in [0.29, 0.717) is 24.4 Å². The average Bonchev–Trinajstić information content (AvgIpc) is 2.95. The third-order valence-electron chi connectivity index (χ3n) is 4.59. The number of amides is 1. The van der Waals surface area contributed by atoms with E-state index in [1.165, 1.54) is 18.9 Å². The summed E-state index contributed by atoms with van der Waals surface area (Å²) in [7, 11) is -3.51. The van der Waals surface area contributed by atoms with Gasteiger partial charge >= 0.3 is 0 Å². The highest BCUT2D eigenvalue weighted by Gasteiger charge is 2.28. The van der Waals surface area contributed by atoms with Crippen molar-refractivity contribution in [1.82, 2.24) is 9.62 Å². The summed E-state index contributed by atoms with van der Waals surface area (Å²) in [6.45, 7) is 2.59. The smallest absolute Gasteiger partial charge is 0.240 e. The van der Waals surface area contributed by atoms with E-state index in [1.54, 1.807) is 11.0 Å². The Balaban J connectivity index is 1.75. The third kappa shape index (κ3) is 3.17. The summed E-state index contributed by atoms with van der Waals surface area (Å²) >= 11 is 0. The maximum absolute atomic E-state index is 12.5. The minimum atomic E-state index is -3.51. The van der Waals surface area contributed by atoms with Crippen molar-refractivity contribution in [2.75, 3.05) is 13.1 Å². The lowest BCUT2D eigenvalue weighted by Crippen LogP contribution is -2.38. The van der Waals surface area contributed by atoms with E-state index in [0.717, 1.165) is 24.8 Å². The summed E-state index contributed by atoms with van der Waals surface area (Å²) in [5.41, 5.74) is 2.43. The SMILES string of the molecule is CC(=O)N1CCC(NS(=O)(=O)c2ccc3c(c2)CCCC3)C1. The monoisotopic (exact) mass is 322 g/mol. The van der Waals surface area contributed by atoms with E-state index >= 15 is 0 Å². The predicted octanol–water partition coefficient (Wildman–Crippen LogP) is 1.46. The second-order valence-corrected chi connectivity index (χ2v) is 7.92. The van der Waals surface area contributed by atoms with Crippen molar-refractivity contribution in [2.45, 2.75) is 50.0 Å². The van der Waals surface area contributed by atoms with Crippen LogP contribution in [0.5, 0.6) is 0 Å². The van der Waals surface area contributed by atoms with E-state index in [2.05, 4.69) is 4.72 Å². The molecule has 1 saturated heterocycles. The van der Waals surface area contributed by atoms with Gasteiger partial charge in [-0.3, -0.25) is 4.79 Å². The first-order valence-corrected chi connectivity index (χ1v) is 9.34. The van der Waals surface area contributed by atoms with Gasteiger partial charge in [-0.25, -0.2) is 13.1 Å². The van der Waals surface area contributed by atoms with Crippen LogP contribution in [0.2, 0.25) is 0 Å². The molecule has 1 aromatic carbocycles. The first-order chi connectivity index (χ1) is 10.5. The molecular weight excluding hydrogens is 300 g/mol. The Kier molecular flexibility index (Phi) is 4.23. The molecule has 0 spiro atoms. The number of hydrogen-bond acceptors (Lipinski definition) is 3. The van der Waals surface area contributed by atoms with E-state index in [1.807, 2.05) is 12.1 Å². The first kappa shape index (κ1) is 15.5. The number of carbonyl (C=O) groups is 1. The molecule has 1 unspecified atom stereocenters. The zero-order valence-corrected chi connectivity index (χ0v) is 13.7. The fourth-order valence-corrected chi connectivity index (χ4v) is 4.62. The summed E-state index contributed by atoms with van der Waals surface area (Å²) in [5, 5.41) is 0. The highest BCUT2D eigenvalue weighted by molar-refractivity contribution is 7.89. The number of carbonyl (C=O) groups excluding carboxylic acids is 1. The summed E-state index contributed by atoms with van der Waals surface area (Å²) in [6.07, 6.45) is 4.98. The molecule has 6 heteroatoms. The summed E-state index contributed by atoms with van der Waals surface area (Å²) in [4.78, 5) is 13.4. The molecular formula is C16H22N2O3S. The standard InChI is InChI=1S/C16H22N2O3S/c1-12(19)18-9-8-15(11-18)17-22(20,21)16-7-6-13-4-2-3-5-14(13)10-16/h6-7,10,15,17H,2-5,8-9,11H2,1H3. The maximum Gasteiger partial charge on any atom is 0.240 e. The molecule has 1 N–H and O–H groups in total. The zero-order valence-electron chi connectivity index (χ0n) is 12.8. The molecule has 0 radical (unpaired) electrons. The van der Waals surface area contributed by atoms with Gasteiger partial charge in [-0.1, -0.05) is 6.07 Å². The third-order valence-corrected chi connectivity index (χ3v) is 6.10. The minimum absolute atomic E-state index is 0.00419. The molecule has 2 aliphatic rings. The Morgan fingerprint density at radius 3 is 2.64 bits per heavy atom. The fraction of sp³-hybridized carbons (Fsp3) is 0.562. The van der Waals surface area contributed by atoms with Crippen molar-refractivity contribution in [2.24, 2.45) is 0 Å². The van der Waals surface area contributed by atoms with E-state index in [4.69, 9.17) is 0 Å². The quantitative estimate of drug-likeness (QED) is 0.916. The molecule has 22 heavy (non-hydrogen) atoms. The Bertz CT molecular complexity index is 685. The van der Waals surface area contributed by atoms with Gasteiger partial charge in [0, 0.05) is 26.1 Å². The predicted molar refractivity (Wildman–Crippen MR) is 84.1 cm³/mol. The molecule has 0 aromatic heterocycles. The molecule has 1 atom stereocenters. The van der Waals surface area contributed by atoms with Gasteiger partial charge in [0.25, 0.3) is 0 Å². The molecule has 5 nitrogen and oxygen atoms in total. The van der Waals surface area contributed by atoms with Gasteiger partial charge in [-0.05, 0) is 55.4 Å². The van der Waals surface area contributed by atoms with Crippen LogP contribution in [-0.2, 0) is 27.7 Å². The number of benzene rings is 1. The minimum Gasteiger partial charge on any atom is -0.341 e. The molecule has 1 aromatic rings. The summed E-state index contributed by atoms with van der Waals surface area (Å²) < 4.78 is 27.8. The molecule has 3 rings (SSSR count). The normalized spacial score (nSPS) is 21.7. The topological polar surface area (TPSA) is 66.5 Å². The van der Waals surface area contributed by atoms with Crippen LogP contribution >= 0.6 is 0 Å². The zero-order chi connectivity index (χ0) is 15.7. The number of sulfonamides is 1. The highest BCUT2D eigenvalue weighted by Crippen LogP contribution is 2.24. The summed E-state index contributed by atoms with van der Waals surface area (Å²) in [6, 6.07) is 5.27. The van der Waals surface area contributed by atoms with Crippen molar-refractivity contribution in [3.05, 3.63) is 29.3 Å². The van der Waals surface area contributed by atoms with E-state index < -0.39 is 10.0 Å². The van der Waals surface area contributed by atoms with Crippen LogP contribution in [0, 0.1) is 0 Å². The van der Waals surface area contributed by atoms with Crippen LogP contribution in [0.1, 0.15) is 37.3 Å². The number of aryl methyl sites for hydroxylation is 2. The number of nitrogens with one attached hydrogen (secondary N) is 1. The number of fused-ring (bicyclic) bond motifs is 1. The van der Waals surface area contributed by atoms with E-state index in [9.17, 15) is 13.2 Å². The summed E-state index contributed by atoms with van der Waals surface area (Å²) in [5.74, 6) is -0.00419. The van der Waals surface area contributed by atoms with Gasteiger partial charge in [0.2, 0.25) is 15.9 Å². The van der Waals surface area contributed by atoms with Gasteiger partial charge < -0.3 is 4.90 Å². The van der Waals surface area contributed by atoms with Crippen LogP contribution in [0.3, 0.4) is 0 Å². The lowest BCUT2D eigenvalue weighted by Gasteiger charge is -2.18. The molecule has 1 aliphatic carbocycles. The van der Waals surface area contributed by atoms with Crippen molar-refractivity contribution in [3.8, 4) is 0 Å². The molecule has 1 fully saturated rings. The van der Waals surface area contributed by atoms with Crippen molar-refractivity contribution >= 4 is 15.9 Å². The van der Waals surface area contributed by atoms with Crippen LogP contribution in [0.25, 0.3) is 0 Å². The lowest BCUT2D eigenvalue weighted by atomic mass is 9.92. The van der Waals surface area contributed by atoms with Crippen molar-refractivity contribution < 1.29 is 13.2 Å². The molecule has 0 saturated carbocycles. The lowest BCUT2D eigenvalue weighted by molar-refractivity contribution is -0.127. The maximum atomic E-state index is 12.5. The molecule has 1 amide bonds. The first-order valence-electron chi connectivity index (χ1n) is 7.85. The second kappa shape index (κ2) is 6.01. The second-order valence-electron chi connectivity index (χ2n) is 6.21. The molecule has 1 heterocycles. The Morgan fingerprint density at radius 2 is 1.95 bits per heavy atom. The molecule has 0 bridgehead atoms. The number of likely N-dealkylation sites (tertiary alicyclic amines) is 1. The largest absolute Gasteiger partial charge is 0.341 e. The highest BCUT2D eigenvalue weighted by atomic mass is 32.2. The van der Waals surface area contributed by atoms with Crippen LogP contribution < -0.4 is 4.72 Å². The Morgan fingerprint density at radius 1 is 1.23 bits per heavy atom. The number of rotatable bonds is 3. The number of nitrogens with zero attached hydrogens (tertiary/aromatic N) is 1. The number of hydrogen-bond donors (Lipinski definition) is 1. The van der Waals surface area contributed by atoms with Crippen molar-refractivity contribution in [3.63, 3.8) is 0 Å². The average molecular weight is 322 g/mol. The van der Waals surface area contributed by atoms with Gasteiger partial charge in [-0.2, -0.15) is 0 Å². The van der Waals surface area contributed by atoms with Crippen LogP contribution in [-0.4, -0.2) is 38.4 Å². The Labute approximate surface area is 131 Å². The fourth-order valence-electron chi connectivity index (χ4n) is 3.31. The molecule has 120 valence electrons. The Hall–Kier alpha value is -1.40. The van der Waals surface area contributed by atoms with Gasteiger partial charge in [-0.15, -0.1) is 0 Å². The van der Waals surface area contributed by atoms with Gasteiger partial charge in [0.1, 0.15) is 0 Å². The van der Waals surface area contributed by atoms with Crippen LogP contribution in [0.4, 0.5) is 0 Å².